The third-order valence-electron chi connectivity index (χ3n) is 7.58. The van der Waals surface area contributed by atoms with Crippen LogP contribution in [-0.4, -0.2) is 18.0 Å². The van der Waals surface area contributed by atoms with Gasteiger partial charge in [0.15, 0.2) is 0 Å². The molecule has 1 N–H and O–H groups in total. The Labute approximate surface area is 255 Å². The Morgan fingerprint density at radius 2 is 1.12 bits per heavy atom. The summed E-state index contributed by atoms with van der Waals surface area (Å²) in [5.41, 5.74) is 6.91. The van der Waals surface area contributed by atoms with Crippen LogP contribution in [0.5, 0.6) is 5.75 Å². The van der Waals surface area contributed by atoms with Crippen molar-refractivity contribution in [2.24, 2.45) is 0 Å². The molecule has 3 rings (SSSR count). The molecule has 1 atom stereocenters. The van der Waals surface area contributed by atoms with Crippen LogP contribution in [0.3, 0.4) is 0 Å². The maximum absolute atomic E-state index is 12.8. The molecule has 0 saturated heterocycles. The van der Waals surface area contributed by atoms with Gasteiger partial charge in [-0.25, -0.2) is 4.79 Å². The van der Waals surface area contributed by atoms with Crippen LogP contribution in [0.1, 0.15) is 121 Å². The summed E-state index contributed by atoms with van der Waals surface area (Å²) in [6, 6.07) is 16.2. The second-order valence-corrected chi connectivity index (χ2v) is 16.7. The molecule has 42 heavy (non-hydrogen) atoms. The molecule has 0 fully saturated rings. The molecule has 0 radical (unpaired) electrons. The normalized spacial score (nSPS) is 13.6. The number of hydrogen-bond donors (Lipinski definition) is 1. The number of ether oxygens (including phenoxy) is 1. The molecule has 3 aromatic carbocycles. The SMILES string of the molecule is COC(=O)c1cc(C(C)(C)C)c(-c2ccccc2P(O)Oc2c(C(C)(C)C)cc(C)cc2C(C)(C)C)c(C(C)(C)C)c1. The van der Waals surface area contributed by atoms with E-state index in [1.165, 1.54) is 12.7 Å². The summed E-state index contributed by atoms with van der Waals surface area (Å²) < 4.78 is 11.8. The Balaban J connectivity index is 2.36. The van der Waals surface area contributed by atoms with Crippen LogP contribution < -0.4 is 9.83 Å². The number of benzene rings is 3. The van der Waals surface area contributed by atoms with E-state index in [1.54, 1.807) is 0 Å². The number of esters is 1. The van der Waals surface area contributed by atoms with E-state index >= 15 is 0 Å². The van der Waals surface area contributed by atoms with E-state index in [2.05, 4.69) is 108 Å². The van der Waals surface area contributed by atoms with Crippen LogP contribution >= 0.6 is 8.38 Å². The summed E-state index contributed by atoms with van der Waals surface area (Å²) in [7, 11) is -0.629. The van der Waals surface area contributed by atoms with Gasteiger partial charge in [-0.15, -0.1) is 0 Å². The Kier molecular flexibility index (Phi) is 9.48. The third kappa shape index (κ3) is 7.26. The minimum Gasteiger partial charge on any atom is -0.465 e. The van der Waals surface area contributed by atoms with Crippen molar-refractivity contribution in [3.63, 3.8) is 0 Å². The Morgan fingerprint density at radius 3 is 1.52 bits per heavy atom. The fourth-order valence-electron chi connectivity index (χ4n) is 5.32. The topological polar surface area (TPSA) is 55.8 Å². The largest absolute Gasteiger partial charge is 0.465 e. The van der Waals surface area contributed by atoms with E-state index in [-0.39, 0.29) is 27.6 Å². The Morgan fingerprint density at radius 1 is 0.690 bits per heavy atom. The maximum Gasteiger partial charge on any atom is 0.337 e. The van der Waals surface area contributed by atoms with Crippen molar-refractivity contribution in [2.75, 3.05) is 7.11 Å². The summed E-state index contributed by atoms with van der Waals surface area (Å²) in [6.07, 6.45) is 0. The number of methoxy groups -OCH3 is 1. The summed E-state index contributed by atoms with van der Waals surface area (Å²) >= 11 is 0. The van der Waals surface area contributed by atoms with Gasteiger partial charge in [-0.1, -0.05) is 119 Å². The zero-order valence-electron chi connectivity index (χ0n) is 28.2. The Bertz CT molecular complexity index is 1390. The molecular weight excluding hydrogens is 539 g/mol. The van der Waals surface area contributed by atoms with Crippen molar-refractivity contribution in [3.8, 4) is 16.9 Å². The predicted octanol–water partition coefficient (Wildman–Crippen LogP) is 9.65. The molecule has 0 aliphatic carbocycles. The highest BCUT2D eigenvalue weighted by Gasteiger charge is 2.33. The summed E-state index contributed by atoms with van der Waals surface area (Å²) in [4.78, 5) is 24.8. The van der Waals surface area contributed by atoms with Gasteiger partial charge in [-0.3, -0.25) is 0 Å². The van der Waals surface area contributed by atoms with Gasteiger partial charge < -0.3 is 14.2 Å². The average molecular weight is 591 g/mol. The molecule has 4 nitrogen and oxygen atoms in total. The highest BCUT2D eigenvalue weighted by atomic mass is 31.2. The zero-order valence-corrected chi connectivity index (χ0v) is 29.1. The fourth-order valence-corrected chi connectivity index (χ4v) is 6.40. The van der Waals surface area contributed by atoms with Gasteiger partial charge in [0, 0.05) is 16.4 Å². The van der Waals surface area contributed by atoms with Crippen molar-refractivity contribution >= 4 is 19.6 Å². The van der Waals surface area contributed by atoms with E-state index in [1.807, 2.05) is 30.3 Å². The molecule has 0 spiro atoms. The van der Waals surface area contributed by atoms with Crippen LogP contribution in [0, 0.1) is 6.92 Å². The van der Waals surface area contributed by atoms with Gasteiger partial charge in [0.25, 0.3) is 8.38 Å². The van der Waals surface area contributed by atoms with E-state index in [0.717, 1.165) is 44.4 Å². The maximum atomic E-state index is 12.8. The van der Waals surface area contributed by atoms with Gasteiger partial charge in [-0.05, 0) is 69.0 Å². The molecule has 5 heteroatoms. The summed E-state index contributed by atoms with van der Waals surface area (Å²) in [5.74, 6) is 0.402. The highest BCUT2D eigenvalue weighted by Crippen LogP contribution is 2.48. The van der Waals surface area contributed by atoms with Crippen molar-refractivity contribution < 1.29 is 18.9 Å². The average Bonchev–Trinajstić information content (AvgIpc) is 2.85. The van der Waals surface area contributed by atoms with E-state index < -0.39 is 8.38 Å². The summed E-state index contributed by atoms with van der Waals surface area (Å²) in [5, 5.41) is 0.745. The highest BCUT2D eigenvalue weighted by molar-refractivity contribution is 7.55. The number of rotatable bonds is 5. The van der Waals surface area contributed by atoms with Crippen molar-refractivity contribution in [3.05, 3.63) is 81.9 Å². The monoisotopic (exact) mass is 590 g/mol. The van der Waals surface area contributed by atoms with Crippen molar-refractivity contribution in [2.45, 2.75) is 112 Å². The predicted molar refractivity (Wildman–Crippen MR) is 179 cm³/mol. The molecular formula is C37H51O4P. The molecule has 0 amide bonds. The van der Waals surface area contributed by atoms with Gasteiger partial charge in [0.1, 0.15) is 5.75 Å². The van der Waals surface area contributed by atoms with Crippen molar-refractivity contribution in [1.29, 1.82) is 0 Å². The molecule has 0 heterocycles. The molecule has 0 bridgehead atoms. The molecule has 0 saturated carbocycles. The third-order valence-corrected chi connectivity index (χ3v) is 8.74. The fraction of sp³-hybridized carbons (Fsp3) is 0.486. The lowest BCUT2D eigenvalue weighted by Gasteiger charge is -2.33. The standard InChI is InChI=1S/C37H51O4P/c1-23-19-28(36(8,9)10)32(29(20-23)37(11,12)13)41-42(39)30-18-16-15-17-25(30)31-26(34(2,3)4)21-24(33(38)40-14)22-27(31)35(5,6)7/h15-22,39H,1-14H3. The lowest BCUT2D eigenvalue weighted by molar-refractivity contribution is 0.0600. The van der Waals surface area contributed by atoms with Crippen molar-refractivity contribution in [1.82, 2.24) is 0 Å². The van der Waals surface area contributed by atoms with Gasteiger partial charge in [-0.2, -0.15) is 0 Å². The molecule has 0 aromatic heterocycles. The van der Waals surface area contributed by atoms with Crippen LogP contribution in [0.25, 0.3) is 11.1 Å². The first-order valence-electron chi connectivity index (χ1n) is 14.8. The first kappa shape index (κ1) is 33.8. The zero-order chi connectivity index (χ0) is 32.0. The van der Waals surface area contributed by atoms with E-state index in [0.29, 0.717) is 5.56 Å². The molecule has 0 aliphatic heterocycles. The Hall–Kier alpha value is -2.68. The minimum absolute atomic E-state index is 0.181. The summed E-state index contributed by atoms with van der Waals surface area (Å²) in [6.45, 7) is 28.1. The van der Waals surface area contributed by atoms with E-state index in [4.69, 9.17) is 9.26 Å². The lowest BCUT2D eigenvalue weighted by Crippen LogP contribution is -2.23. The molecule has 1 unspecified atom stereocenters. The smallest absolute Gasteiger partial charge is 0.337 e. The van der Waals surface area contributed by atoms with Gasteiger partial charge in [0.2, 0.25) is 0 Å². The minimum atomic E-state index is -2.04. The number of hydrogen-bond acceptors (Lipinski definition) is 4. The second-order valence-electron chi connectivity index (χ2n) is 15.5. The van der Waals surface area contributed by atoms with Crippen LogP contribution in [0.15, 0.2) is 48.5 Å². The van der Waals surface area contributed by atoms with Gasteiger partial charge >= 0.3 is 5.97 Å². The second kappa shape index (κ2) is 11.8. The molecule has 3 aromatic rings. The first-order chi connectivity index (χ1) is 19.1. The number of carbonyl (C=O) groups excluding carboxylic acids is 1. The quantitative estimate of drug-likeness (QED) is 0.237. The van der Waals surface area contributed by atoms with E-state index in [9.17, 15) is 9.69 Å². The van der Waals surface area contributed by atoms with Crippen LogP contribution in [0.4, 0.5) is 0 Å². The lowest BCUT2D eigenvalue weighted by atomic mass is 9.73. The van der Waals surface area contributed by atoms with Crippen LogP contribution in [-0.2, 0) is 26.4 Å². The van der Waals surface area contributed by atoms with Gasteiger partial charge in [0.05, 0.1) is 12.7 Å². The molecule has 0 aliphatic rings. The first-order valence-corrected chi connectivity index (χ1v) is 16.0. The number of carbonyl (C=O) groups is 1. The van der Waals surface area contributed by atoms with Crippen LogP contribution in [0.2, 0.25) is 0 Å². The molecule has 228 valence electrons. The number of aryl methyl sites for hydroxylation is 1.